The average Bonchev–Trinajstić information content (AvgIpc) is 2.94. The summed E-state index contributed by atoms with van der Waals surface area (Å²) in [6.07, 6.45) is 1.71. The van der Waals surface area contributed by atoms with Crippen LogP contribution in [0.3, 0.4) is 0 Å². The molecule has 1 aliphatic heterocycles. The molecular weight excluding hydrogens is 308 g/mol. The van der Waals surface area contributed by atoms with Gasteiger partial charge in [0.05, 0.1) is 12.8 Å². The number of carbonyl (C=O) groups is 2. The molecule has 0 saturated carbocycles. The number of hydrogen-bond acceptors (Lipinski definition) is 4. The molecule has 1 aromatic carbocycles. The number of amides is 1. The van der Waals surface area contributed by atoms with Gasteiger partial charge in [-0.05, 0) is 37.6 Å². The number of carbonyl (C=O) groups excluding carboxylic acids is 1. The summed E-state index contributed by atoms with van der Waals surface area (Å²) in [6, 6.07) is 4.50. The minimum absolute atomic E-state index is 0.198. The molecule has 1 amide bonds. The van der Waals surface area contributed by atoms with Crippen LogP contribution >= 0.6 is 11.6 Å². The third kappa shape index (κ3) is 4.11. The number of hydrogen-bond donors (Lipinski definition) is 2. The van der Waals surface area contributed by atoms with Crippen molar-refractivity contribution in [2.75, 3.05) is 25.5 Å². The lowest BCUT2D eigenvalue weighted by Crippen LogP contribution is -2.37. The van der Waals surface area contributed by atoms with Gasteiger partial charge in [-0.25, -0.2) is 0 Å². The molecule has 1 fully saturated rings. The maximum absolute atomic E-state index is 12.0. The maximum atomic E-state index is 12.0. The number of likely N-dealkylation sites (tertiary alicyclic amines) is 1. The molecule has 1 saturated heterocycles. The van der Waals surface area contributed by atoms with Crippen molar-refractivity contribution in [1.29, 1.82) is 0 Å². The zero-order chi connectivity index (χ0) is 16.1. The van der Waals surface area contributed by atoms with Crippen molar-refractivity contribution in [2.45, 2.75) is 25.3 Å². The number of methoxy groups -OCH3 is 1. The second-order valence-electron chi connectivity index (χ2n) is 5.18. The van der Waals surface area contributed by atoms with Crippen LogP contribution in [0.15, 0.2) is 18.2 Å². The number of halogens is 1. The number of nitrogens with zero attached hydrogens (tertiary/aromatic N) is 1. The summed E-state index contributed by atoms with van der Waals surface area (Å²) in [5.74, 6) is -0.492. The fraction of sp³-hybridized carbons (Fsp3) is 0.467. The van der Waals surface area contributed by atoms with Gasteiger partial charge in [0, 0.05) is 18.0 Å². The molecule has 1 aliphatic rings. The van der Waals surface area contributed by atoms with Gasteiger partial charge in [-0.2, -0.15) is 0 Å². The van der Waals surface area contributed by atoms with Crippen molar-refractivity contribution in [3.05, 3.63) is 23.2 Å². The van der Waals surface area contributed by atoms with E-state index in [4.69, 9.17) is 21.4 Å². The van der Waals surface area contributed by atoms with Crippen molar-refractivity contribution < 1.29 is 19.4 Å². The summed E-state index contributed by atoms with van der Waals surface area (Å²) in [5.41, 5.74) is 0.510. The fourth-order valence-electron chi connectivity index (χ4n) is 2.61. The normalized spacial score (nSPS) is 18.2. The van der Waals surface area contributed by atoms with Crippen LogP contribution in [0.5, 0.6) is 5.75 Å². The molecule has 2 rings (SSSR count). The van der Waals surface area contributed by atoms with E-state index in [1.54, 1.807) is 18.2 Å². The number of carboxylic acids is 1. The Morgan fingerprint density at radius 2 is 2.27 bits per heavy atom. The molecule has 0 aliphatic carbocycles. The number of aliphatic carboxylic acids is 1. The second kappa shape index (κ2) is 7.47. The number of benzene rings is 1. The predicted molar refractivity (Wildman–Crippen MR) is 83.5 cm³/mol. The highest BCUT2D eigenvalue weighted by molar-refractivity contribution is 6.31. The summed E-state index contributed by atoms with van der Waals surface area (Å²) in [4.78, 5) is 25.0. The van der Waals surface area contributed by atoms with E-state index < -0.39 is 12.0 Å². The average molecular weight is 327 g/mol. The smallest absolute Gasteiger partial charge is 0.320 e. The van der Waals surface area contributed by atoms with E-state index in [1.807, 2.05) is 4.90 Å². The SMILES string of the molecule is COc1ccc(Cl)cc1NC(=O)CCN1CCC[C@H]1C(=O)O. The van der Waals surface area contributed by atoms with Crippen LogP contribution < -0.4 is 10.1 Å². The van der Waals surface area contributed by atoms with Gasteiger partial charge in [0.1, 0.15) is 11.8 Å². The highest BCUT2D eigenvalue weighted by atomic mass is 35.5. The monoisotopic (exact) mass is 326 g/mol. The first-order valence-electron chi connectivity index (χ1n) is 7.11. The summed E-state index contributed by atoms with van der Waals surface area (Å²) >= 11 is 5.91. The first kappa shape index (κ1) is 16.6. The van der Waals surface area contributed by atoms with Crippen molar-refractivity contribution in [3.63, 3.8) is 0 Å². The minimum atomic E-state index is -0.825. The van der Waals surface area contributed by atoms with E-state index in [2.05, 4.69) is 5.32 Å². The van der Waals surface area contributed by atoms with Crippen molar-refractivity contribution in [2.24, 2.45) is 0 Å². The van der Waals surface area contributed by atoms with Crippen LogP contribution in [0.2, 0.25) is 5.02 Å². The predicted octanol–water partition coefficient (Wildman–Crippen LogP) is 2.23. The van der Waals surface area contributed by atoms with Crippen molar-refractivity contribution in [1.82, 2.24) is 4.90 Å². The largest absolute Gasteiger partial charge is 0.495 e. The lowest BCUT2D eigenvalue weighted by atomic mass is 10.2. The summed E-state index contributed by atoms with van der Waals surface area (Å²) in [6.45, 7) is 1.14. The standard InChI is InChI=1S/C15H19ClN2O4/c1-22-13-5-4-10(16)9-11(13)17-14(19)6-8-18-7-2-3-12(18)15(20)21/h4-5,9,12H,2-3,6-8H2,1H3,(H,17,19)(H,20,21)/t12-/m0/s1. The molecule has 0 unspecified atom stereocenters. The molecule has 2 N–H and O–H groups in total. The highest BCUT2D eigenvalue weighted by Gasteiger charge is 2.30. The Balaban J connectivity index is 1.91. The summed E-state index contributed by atoms with van der Waals surface area (Å²) < 4.78 is 5.17. The zero-order valence-electron chi connectivity index (χ0n) is 12.3. The highest BCUT2D eigenvalue weighted by Crippen LogP contribution is 2.27. The number of ether oxygens (including phenoxy) is 1. The third-order valence-electron chi connectivity index (χ3n) is 3.71. The quantitative estimate of drug-likeness (QED) is 0.838. The van der Waals surface area contributed by atoms with Gasteiger partial charge in [0.25, 0.3) is 0 Å². The van der Waals surface area contributed by atoms with Crippen LogP contribution in [0.25, 0.3) is 0 Å². The van der Waals surface area contributed by atoms with Gasteiger partial charge in [0.15, 0.2) is 0 Å². The number of nitrogens with one attached hydrogen (secondary N) is 1. The lowest BCUT2D eigenvalue weighted by Gasteiger charge is -2.20. The van der Waals surface area contributed by atoms with Crippen LogP contribution in [-0.2, 0) is 9.59 Å². The van der Waals surface area contributed by atoms with Crippen LogP contribution in [0.4, 0.5) is 5.69 Å². The number of carboxylic acid groups (broad SMARTS) is 1. The van der Waals surface area contributed by atoms with E-state index in [0.29, 0.717) is 36.0 Å². The topological polar surface area (TPSA) is 78.9 Å². The van der Waals surface area contributed by atoms with Crippen LogP contribution in [0.1, 0.15) is 19.3 Å². The number of rotatable bonds is 6. The van der Waals surface area contributed by atoms with E-state index in [-0.39, 0.29) is 12.3 Å². The summed E-state index contributed by atoms with van der Waals surface area (Å²) in [5, 5.41) is 12.4. The summed E-state index contributed by atoms with van der Waals surface area (Å²) in [7, 11) is 1.51. The van der Waals surface area contributed by atoms with Gasteiger partial charge >= 0.3 is 5.97 Å². The molecule has 0 radical (unpaired) electrons. The first-order valence-corrected chi connectivity index (χ1v) is 7.49. The van der Waals surface area contributed by atoms with Crippen LogP contribution in [-0.4, -0.2) is 48.1 Å². The Hall–Kier alpha value is -1.79. The van der Waals surface area contributed by atoms with Gasteiger partial charge in [-0.15, -0.1) is 0 Å². The molecule has 7 heteroatoms. The molecule has 6 nitrogen and oxygen atoms in total. The van der Waals surface area contributed by atoms with E-state index >= 15 is 0 Å². The molecule has 120 valence electrons. The zero-order valence-corrected chi connectivity index (χ0v) is 13.1. The molecule has 1 atom stereocenters. The first-order chi connectivity index (χ1) is 10.5. The van der Waals surface area contributed by atoms with E-state index in [9.17, 15) is 9.59 Å². The molecule has 1 heterocycles. The van der Waals surface area contributed by atoms with Gasteiger partial charge in [-0.1, -0.05) is 11.6 Å². The van der Waals surface area contributed by atoms with E-state index in [1.165, 1.54) is 7.11 Å². The Bertz CT molecular complexity index is 564. The Labute approximate surface area is 134 Å². The molecular formula is C15H19ClN2O4. The Kier molecular flexibility index (Phi) is 5.63. The lowest BCUT2D eigenvalue weighted by molar-refractivity contribution is -0.142. The fourth-order valence-corrected chi connectivity index (χ4v) is 2.78. The Morgan fingerprint density at radius 1 is 1.50 bits per heavy atom. The van der Waals surface area contributed by atoms with Gasteiger partial charge in [-0.3, -0.25) is 14.5 Å². The van der Waals surface area contributed by atoms with Crippen molar-refractivity contribution >= 4 is 29.2 Å². The molecule has 0 spiro atoms. The van der Waals surface area contributed by atoms with E-state index in [0.717, 1.165) is 6.42 Å². The molecule has 0 bridgehead atoms. The number of anilines is 1. The van der Waals surface area contributed by atoms with Crippen LogP contribution in [0, 0.1) is 0 Å². The van der Waals surface area contributed by atoms with Gasteiger partial charge in [0.2, 0.25) is 5.91 Å². The third-order valence-corrected chi connectivity index (χ3v) is 3.95. The second-order valence-corrected chi connectivity index (χ2v) is 5.61. The molecule has 0 aromatic heterocycles. The van der Waals surface area contributed by atoms with Gasteiger partial charge < -0.3 is 15.2 Å². The maximum Gasteiger partial charge on any atom is 0.320 e. The molecule has 22 heavy (non-hydrogen) atoms. The Morgan fingerprint density at radius 3 is 2.95 bits per heavy atom. The van der Waals surface area contributed by atoms with Crippen molar-refractivity contribution in [3.8, 4) is 5.75 Å². The molecule has 1 aromatic rings. The minimum Gasteiger partial charge on any atom is -0.495 e.